The smallest absolute Gasteiger partial charge is 0.326 e. The highest BCUT2D eigenvalue weighted by Gasteiger charge is 2.09. The molecule has 0 aromatic carbocycles. The van der Waals surface area contributed by atoms with Gasteiger partial charge in [-0.25, -0.2) is 9.97 Å². The highest BCUT2D eigenvalue weighted by Crippen LogP contribution is 2.11. The zero-order valence-electron chi connectivity index (χ0n) is 9.59. The van der Waals surface area contributed by atoms with Crippen molar-refractivity contribution < 1.29 is 9.53 Å². The average molecular weight is 312 g/mol. The van der Waals surface area contributed by atoms with E-state index in [1.54, 1.807) is 13.0 Å². The van der Waals surface area contributed by atoms with Crippen LogP contribution >= 0.6 is 15.9 Å². The number of rotatable bonds is 3. The summed E-state index contributed by atoms with van der Waals surface area (Å²) in [6.45, 7) is 1.82. The lowest BCUT2D eigenvalue weighted by atomic mass is 10.3. The van der Waals surface area contributed by atoms with Gasteiger partial charge in [0.1, 0.15) is 6.54 Å². The fraction of sp³-hybridized carbons (Fsp3) is 0.273. The van der Waals surface area contributed by atoms with E-state index in [1.165, 1.54) is 17.1 Å². The first-order valence-electron chi connectivity index (χ1n) is 5.28. The van der Waals surface area contributed by atoms with Gasteiger partial charge >= 0.3 is 5.97 Å². The lowest BCUT2D eigenvalue weighted by Crippen LogP contribution is -2.26. The van der Waals surface area contributed by atoms with Crippen LogP contribution in [0.15, 0.2) is 27.9 Å². The molecule has 2 rings (SSSR count). The Labute approximate surface area is 111 Å². The lowest BCUT2D eigenvalue weighted by molar-refractivity contribution is -0.143. The number of esters is 1. The molecule has 2 aromatic rings. The van der Waals surface area contributed by atoms with Gasteiger partial charge in [0.05, 0.1) is 18.5 Å². The molecule has 18 heavy (non-hydrogen) atoms. The topological polar surface area (TPSA) is 74.1 Å². The van der Waals surface area contributed by atoms with E-state index in [9.17, 15) is 9.59 Å². The first-order chi connectivity index (χ1) is 8.61. The van der Waals surface area contributed by atoms with Crippen molar-refractivity contribution in [2.75, 3.05) is 6.61 Å². The summed E-state index contributed by atoms with van der Waals surface area (Å²) < 4.78 is 6.70. The Morgan fingerprint density at radius 2 is 2.28 bits per heavy atom. The van der Waals surface area contributed by atoms with Crippen LogP contribution in [0, 0.1) is 0 Å². The second-order valence-corrected chi connectivity index (χ2v) is 4.42. The maximum Gasteiger partial charge on any atom is 0.326 e. The number of carbonyl (C=O) groups excluding carboxylic acids is 1. The van der Waals surface area contributed by atoms with Crippen LogP contribution in [0.3, 0.4) is 0 Å². The molecule has 0 aliphatic heterocycles. The Morgan fingerprint density at radius 1 is 1.50 bits per heavy atom. The van der Waals surface area contributed by atoms with Crippen molar-refractivity contribution in [1.29, 1.82) is 0 Å². The Hall–Kier alpha value is -1.76. The monoisotopic (exact) mass is 311 g/mol. The van der Waals surface area contributed by atoms with E-state index in [4.69, 9.17) is 4.74 Å². The van der Waals surface area contributed by atoms with Gasteiger partial charge in [-0.3, -0.25) is 14.2 Å². The number of carbonyl (C=O) groups is 1. The van der Waals surface area contributed by atoms with E-state index in [1.807, 2.05) is 0 Å². The number of nitrogens with zero attached hydrogens (tertiary/aromatic N) is 3. The Kier molecular flexibility index (Phi) is 3.71. The molecule has 0 saturated carbocycles. The molecule has 0 amide bonds. The van der Waals surface area contributed by atoms with Crippen molar-refractivity contribution in [3.63, 3.8) is 0 Å². The van der Waals surface area contributed by atoms with Gasteiger partial charge in [-0.15, -0.1) is 0 Å². The molecule has 0 bridgehead atoms. The quantitative estimate of drug-likeness (QED) is 0.794. The number of ether oxygens (including phenoxy) is 1. The van der Waals surface area contributed by atoms with E-state index < -0.39 is 5.97 Å². The van der Waals surface area contributed by atoms with Gasteiger partial charge in [-0.2, -0.15) is 0 Å². The number of halogens is 1. The van der Waals surface area contributed by atoms with Crippen molar-refractivity contribution in [3.05, 3.63) is 33.4 Å². The van der Waals surface area contributed by atoms with E-state index in [0.717, 1.165) is 4.47 Å². The van der Waals surface area contributed by atoms with Crippen LogP contribution < -0.4 is 5.56 Å². The third kappa shape index (κ3) is 2.56. The normalized spacial score (nSPS) is 10.6. The van der Waals surface area contributed by atoms with Crippen molar-refractivity contribution in [2.45, 2.75) is 13.5 Å². The molecule has 0 N–H and O–H groups in total. The van der Waals surface area contributed by atoms with Crippen LogP contribution in [-0.4, -0.2) is 27.1 Å². The number of hydrogen-bond acceptors (Lipinski definition) is 5. The Balaban J connectivity index is 2.42. The summed E-state index contributed by atoms with van der Waals surface area (Å²) in [6.07, 6.45) is 2.83. The van der Waals surface area contributed by atoms with E-state index in [0.29, 0.717) is 5.52 Å². The van der Waals surface area contributed by atoms with Crippen LogP contribution in [0.25, 0.3) is 11.0 Å². The minimum atomic E-state index is -0.474. The van der Waals surface area contributed by atoms with Crippen LogP contribution in [-0.2, 0) is 16.1 Å². The molecule has 0 unspecified atom stereocenters. The van der Waals surface area contributed by atoms with Crippen LogP contribution in [0.2, 0.25) is 0 Å². The molecular weight excluding hydrogens is 302 g/mol. The van der Waals surface area contributed by atoms with E-state index in [-0.39, 0.29) is 24.2 Å². The third-order valence-corrected chi connectivity index (χ3v) is 2.67. The zero-order chi connectivity index (χ0) is 13.1. The molecule has 0 aliphatic carbocycles. The highest BCUT2D eigenvalue weighted by molar-refractivity contribution is 9.10. The summed E-state index contributed by atoms with van der Waals surface area (Å²) in [5, 5.41) is 0. The summed E-state index contributed by atoms with van der Waals surface area (Å²) in [6, 6.07) is 1.69. The number of aromatic nitrogens is 3. The fourth-order valence-electron chi connectivity index (χ4n) is 1.47. The van der Waals surface area contributed by atoms with Crippen LogP contribution in [0.5, 0.6) is 0 Å². The second kappa shape index (κ2) is 5.26. The molecule has 2 heterocycles. The van der Waals surface area contributed by atoms with Crippen molar-refractivity contribution in [1.82, 2.24) is 14.5 Å². The second-order valence-electron chi connectivity index (χ2n) is 3.50. The predicted molar refractivity (Wildman–Crippen MR) is 68.1 cm³/mol. The summed E-state index contributed by atoms with van der Waals surface area (Å²) in [7, 11) is 0. The molecule has 0 atom stereocenters. The van der Waals surface area contributed by atoms with Crippen LogP contribution in [0.1, 0.15) is 6.92 Å². The van der Waals surface area contributed by atoms with Crippen LogP contribution in [0.4, 0.5) is 0 Å². The molecule has 0 fully saturated rings. The standard InChI is InChI=1S/C11H10BrN3O3/c1-2-18-9(16)5-15-6-14-8-3-7(12)4-13-10(8)11(15)17/h3-4,6H,2,5H2,1H3. The first kappa shape index (κ1) is 12.7. The molecule has 0 saturated heterocycles. The molecule has 7 heteroatoms. The molecule has 0 radical (unpaired) electrons. The largest absolute Gasteiger partial charge is 0.465 e. The zero-order valence-corrected chi connectivity index (χ0v) is 11.2. The summed E-state index contributed by atoms with van der Waals surface area (Å²) in [5.74, 6) is -0.474. The number of fused-ring (bicyclic) bond motifs is 1. The van der Waals surface area contributed by atoms with Crippen molar-refractivity contribution in [2.24, 2.45) is 0 Å². The molecule has 0 spiro atoms. The van der Waals surface area contributed by atoms with Gasteiger partial charge in [-0.1, -0.05) is 0 Å². The van der Waals surface area contributed by atoms with Gasteiger partial charge in [-0.05, 0) is 28.9 Å². The van der Waals surface area contributed by atoms with Crippen molar-refractivity contribution in [3.8, 4) is 0 Å². The fourth-order valence-corrected chi connectivity index (χ4v) is 1.79. The van der Waals surface area contributed by atoms with E-state index in [2.05, 4.69) is 25.9 Å². The van der Waals surface area contributed by atoms with Gasteiger partial charge in [0, 0.05) is 10.7 Å². The molecule has 2 aromatic heterocycles. The molecular formula is C11H10BrN3O3. The maximum atomic E-state index is 12.0. The molecule has 94 valence electrons. The SMILES string of the molecule is CCOC(=O)Cn1cnc2cc(Br)cnc2c1=O. The van der Waals surface area contributed by atoms with Gasteiger partial charge < -0.3 is 4.74 Å². The minimum absolute atomic E-state index is 0.159. The maximum absolute atomic E-state index is 12.0. The molecule has 6 nitrogen and oxygen atoms in total. The Bertz CT molecular complexity index is 654. The average Bonchev–Trinajstić information content (AvgIpc) is 2.33. The van der Waals surface area contributed by atoms with Gasteiger partial charge in [0.25, 0.3) is 5.56 Å². The summed E-state index contributed by atoms with van der Waals surface area (Å²) in [5.41, 5.74) is 0.347. The minimum Gasteiger partial charge on any atom is -0.465 e. The number of pyridine rings is 1. The predicted octanol–water partition coefficient (Wildman–Crippen LogP) is 1.12. The van der Waals surface area contributed by atoms with Crippen molar-refractivity contribution >= 4 is 32.9 Å². The van der Waals surface area contributed by atoms with Gasteiger partial charge in [0.15, 0.2) is 5.52 Å². The Morgan fingerprint density at radius 3 is 3.00 bits per heavy atom. The van der Waals surface area contributed by atoms with E-state index >= 15 is 0 Å². The number of hydrogen-bond donors (Lipinski definition) is 0. The highest BCUT2D eigenvalue weighted by atomic mass is 79.9. The summed E-state index contributed by atoms with van der Waals surface area (Å²) >= 11 is 3.25. The molecule has 0 aliphatic rings. The first-order valence-corrected chi connectivity index (χ1v) is 6.07. The summed E-state index contributed by atoms with van der Waals surface area (Å²) in [4.78, 5) is 31.4. The van der Waals surface area contributed by atoms with Gasteiger partial charge in [0.2, 0.25) is 0 Å². The lowest BCUT2D eigenvalue weighted by Gasteiger charge is -2.05. The third-order valence-electron chi connectivity index (χ3n) is 2.24.